The van der Waals surface area contributed by atoms with E-state index in [1.165, 1.54) is 17.5 Å². The van der Waals surface area contributed by atoms with Crippen LogP contribution in [-0.2, 0) is 29.2 Å². The van der Waals surface area contributed by atoms with Crippen molar-refractivity contribution in [3.63, 3.8) is 0 Å². The summed E-state index contributed by atoms with van der Waals surface area (Å²) >= 11 is 0. The minimum atomic E-state index is 0.240. The molecule has 0 radical (unpaired) electrons. The van der Waals surface area contributed by atoms with Gasteiger partial charge in [0.05, 0.1) is 32.8 Å². The van der Waals surface area contributed by atoms with Crippen LogP contribution in [0.4, 0.5) is 5.82 Å². The highest BCUT2D eigenvalue weighted by Crippen LogP contribution is 2.17. The highest BCUT2D eigenvalue weighted by atomic mass is 16.5. The van der Waals surface area contributed by atoms with Crippen LogP contribution in [-0.4, -0.2) is 32.7 Å². The van der Waals surface area contributed by atoms with Gasteiger partial charge in [-0.25, -0.2) is 15.0 Å². The lowest BCUT2D eigenvalue weighted by atomic mass is 10.1. The smallest absolute Gasteiger partial charge is 0.165 e. The third-order valence-corrected chi connectivity index (χ3v) is 5.14. The number of benzene rings is 2. The second-order valence-electron chi connectivity index (χ2n) is 7.53. The van der Waals surface area contributed by atoms with Crippen LogP contribution in [0.25, 0.3) is 11.2 Å². The number of nitrogens with zero attached hydrogens (tertiary/aromatic N) is 4. The zero-order valence-electron chi connectivity index (χ0n) is 17.4. The van der Waals surface area contributed by atoms with Crippen molar-refractivity contribution in [1.82, 2.24) is 19.5 Å². The maximum atomic E-state index is 6.01. The number of nitrogens with two attached hydrogens (primary N) is 1. The van der Waals surface area contributed by atoms with Gasteiger partial charge in [0.15, 0.2) is 11.5 Å². The number of aromatic nitrogens is 4. The van der Waals surface area contributed by atoms with Gasteiger partial charge in [-0.05, 0) is 17.5 Å². The Morgan fingerprint density at radius 1 is 0.806 bits per heavy atom. The second kappa shape index (κ2) is 10.7. The molecule has 2 heterocycles. The van der Waals surface area contributed by atoms with E-state index in [0.29, 0.717) is 37.8 Å². The molecule has 0 unspecified atom stereocenters. The summed E-state index contributed by atoms with van der Waals surface area (Å²) in [5.41, 5.74) is 9.62. The Hall–Kier alpha value is -3.29. The summed E-state index contributed by atoms with van der Waals surface area (Å²) in [6.45, 7) is 3.17. The maximum absolute atomic E-state index is 6.01. The van der Waals surface area contributed by atoms with E-state index in [1.54, 1.807) is 6.33 Å². The maximum Gasteiger partial charge on any atom is 0.165 e. The molecule has 0 bridgehead atoms. The van der Waals surface area contributed by atoms with Gasteiger partial charge in [-0.3, -0.25) is 0 Å². The topological polar surface area (TPSA) is 88.1 Å². The Bertz CT molecular complexity index is 1020. The fraction of sp³-hybridized carbons (Fsp3) is 0.292. The van der Waals surface area contributed by atoms with Gasteiger partial charge in [0.1, 0.15) is 11.8 Å². The number of aryl methyl sites for hydroxylation is 1. The first-order valence-electron chi connectivity index (χ1n) is 10.4. The van der Waals surface area contributed by atoms with Crippen LogP contribution in [0.5, 0.6) is 0 Å². The Kier molecular flexibility index (Phi) is 7.20. The zero-order valence-corrected chi connectivity index (χ0v) is 17.4. The molecule has 4 aromatic rings. The molecule has 160 valence electrons. The van der Waals surface area contributed by atoms with Crippen molar-refractivity contribution in [2.75, 3.05) is 18.9 Å². The number of fused-ring (bicyclic) bond motifs is 1. The number of rotatable bonds is 11. The first-order valence-corrected chi connectivity index (χ1v) is 10.4. The number of hydrogen-bond donors (Lipinski definition) is 1. The van der Waals surface area contributed by atoms with Crippen LogP contribution in [0, 0.1) is 5.92 Å². The molecular formula is C24H27N5O2. The lowest BCUT2D eigenvalue weighted by Crippen LogP contribution is -2.18. The number of hydrogen-bond acceptors (Lipinski definition) is 6. The molecule has 0 spiro atoms. The molecule has 0 aliphatic heterocycles. The van der Waals surface area contributed by atoms with E-state index in [0.717, 1.165) is 18.6 Å². The van der Waals surface area contributed by atoms with E-state index in [9.17, 15) is 0 Å². The molecule has 0 atom stereocenters. The SMILES string of the molecule is Nc1ncnc2c1ncn2CCC(COCc1ccccc1)COCc1ccccc1. The van der Waals surface area contributed by atoms with E-state index in [1.807, 2.05) is 41.0 Å². The number of imidazole rings is 1. The van der Waals surface area contributed by atoms with Gasteiger partial charge in [-0.1, -0.05) is 60.7 Å². The highest BCUT2D eigenvalue weighted by molar-refractivity contribution is 5.81. The molecule has 0 aliphatic carbocycles. The summed E-state index contributed by atoms with van der Waals surface area (Å²) in [4.78, 5) is 12.7. The van der Waals surface area contributed by atoms with Crippen LogP contribution < -0.4 is 5.73 Å². The minimum Gasteiger partial charge on any atom is -0.382 e. The minimum absolute atomic E-state index is 0.240. The third-order valence-electron chi connectivity index (χ3n) is 5.14. The molecule has 0 saturated carbocycles. The lowest BCUT2D eigenvalue weighted by molar-refractivity contribution is 0.0226. The molecule has 0 aliphatic rings. The van der Waals surface area contributed by atoms with Gasteiger partial charge in [-0.15, -0.1) is 0 Å². The van der Waals surface area contributed by atoms with Gasteiger partial charge >= 0.3 is 0 Å². The van der Waals surface area contributed by atoms with E-state index in [4.69, 9.17) is 15.2 Å². The number of nitrogen functional groups attached to an aromatic ring is 1. The lowest BCUT2D eigenvalue weighted by Gasteiger charge is -2.18. The fourth-order valence-electron chi connectivity index (χ4n) is 3.43. The van der Waals surface area contributed by atoms with Crippen molar-refractivity contribution >= 4 is 17.0 Å². The van der Waals surface area contributed by atoms with Crippen LogP contribution in [0.1, 0.15) is 17.5 Å². The molecule has 7 heteroatoms. The van der Waals surface area contributed by atoms with Gasteiger partial charge in [0.25, 0.3) is 0 Å². The highest BCUT2D eigenvalue weighted by Gasteiger charge is 2.13. The van der Waals surface area contributed by atoms with Crippen molar-refractivity contribution in [2.24, 2.45) is 5.92 Å². The number of anilines is 1. The monoisotopic (exact) mass is 417 g/mol. The Morgan fingerprint density at radius 2 is 1.42 bits per heavy atom. The number of ether oxygens (including phenoxy) is 2. The van der Waals surface area contributed by atoms with Crippen LogP contribution in [0.15, 0.2) is 73.3 Å². The molecule has 0 fully saturated rings. The van der Waals surface area contributed by atoms with Crippen molar-refractivity contribution in [3.05, 3.63) is 84.4 Å². The predicted octanol–water partition coefficient (Wildman–Crippen LogP) is 3.85. The normalized spacial score (nSPS) is 11.4. The van der Waals surface area contributed by atoms with Gasteiger partial charge < -0.3 is 19.8 Å². The largest absolute Gasteiger partial charge is 0.382 e. The van der Waals surface area contributed by atoms with E-state index >= 15 is 0 Å². The van der Waals surface area contributed by atoms with Crippen LogP contribution >= 0.6 is 0 Å². The molecule has 2 aromatic heterocycles. The van der Waals surface area contributed by atoms with Crippen molar-refractivity contribution in [2.45, 2.75) is 26.2 Å². The molecule has 0 amide bonds. The van der Waals surface area contributed by atoms with E-state index in [2.05, 4.69) is 39.2 Å². The first kappa shape index (κ1) is 21.0. The van der Waals surface area contributed by atoms with Gasteiger partial charge in [0, 0.05) is 12.5 Å². The quantitative estimate of drug-likeness (QED) is 0.399. The Balaban J connectivity index is 1.35. The summed E-state index contributed by atoms with van der Waals surface area (Å²) in [6.07, 6.45) is 4.11. The molecule has 7 nitrogen and oxygen atoms in total. The van der Waals surface area contributed by atoms with Crippen molar-refractivity contribution in [3.8, 4) is 0 Å². The molecule has 0 saturated heterocycles. The van der Waals surface area contributed by atoms with Crippen molar-refractivity contribution in [1.29, 1.82) is 0 Å². The van der Waals surface area contributed by atoms with Gasteiger partial charge in [-0.2, -0.15) is 0 Å². The summed E-state index contributed by atoms with van der Waals surface area (Å²) < 4.78 is 14.0. The third kappa shape index (κ3) is 5.87. The van der Waals surface area contributed by atoms with Gasteiger partial charge in [0.2, 0.25) is 0 Å². The predicted molar refractivity (Wildman–Crippen MR) is 120 cm³/mol. The Morgan fingerprint density at radius 3 is 2.03 bits per heavy atom. The molecule has 2 aromatic carbocycles. The summed E-state index contributed by atoms with van der Waals surface area (Å²) in [5, 5.41) is 0. The average Bonchev–Trinajstić information content (AvgIpc) is 3.23. The first-order chi connectivity index (χ1) is 15.3. The molecular weight excluding hydrogens is 390 g/mol. The summed E-state index contributed by atoms with van der Waals surface area (Å²) in [7, 11) is 0. The van der Waals surface area contributed by atoms with Crippen LogP contribution in [0.3, 0.4) is 0 Å². The molecule has 31 heavy (non-hydrogen) atoms. The average molecular weight is 418 g/mol. The van der Waals surface area contributed by atoms with E-state index < -0.39 is 0 Å². The zero-order chi connectivity index (χ0) is 21.3. The van der Waals surface area contributed by atoms with Crippen LogP contribution in [0.2, 0.25) is 0 Å². The molecule has 2 N–H and O–H groups in total. The molecule has 4 rings (SSSR count). The Labute approximate surface area is 181 Å². The standard InChI is InChI=1S/C24H27N5O2/c25-23-22-24(27-17-26-23)29(18-28-22)12-11-21(15-30-13-19-7-3-1-4-8-19)16-31-14-20-9-5-2-6-10-20/h1-10,17-18,21H,11-16H2,(H2,25,26,27). The summed E-state index contributed by atoms with van der Waals surface area (Å²) in [5.74, 6) is 0.641. The van der Waals surface area contributed by atoms with E-state index in [-0.39, 0.29) is 5.92 Å². The fourth-order valence-corrected chi connectivity index (χ4v) is 3.43. The second-order valence-corrected chi connectivity index (χ2v) is 7.53. The van der Waals surface area contributed by atoms with Crippen molar-refractivity contribution < 1.29 is 9.47 Å². The summed E-state index contributed by atoms with van der Waals surface area (Å²) in [6, 6.07) is 20.4.